The predicted octanol–water partition coefficient (Wildman–Crippen LogP) is 3.05. The average molecular weight is 317 g/mol. The summed E-state index contributed by atoms with van der Waals surface area (Å²) in [6.45, 7) is 2.22. The highest BCUT2D eigenvalue weighted by Gasteiger charge is 2.35. The van der Waals surface area contributed by atoms with Crippen LogP contribution in [-0.4, -0.2) is 32.8 Å². The van der Waals surface area contributed by atoms with Crippen LogP contribution in [0.2, 0.25) is 0 Å². The topological polar surface area (TPSA) is 47.6 Å². The molecule has 1 amide bonds. The van der Waals surface area contributed by atoms with Crippen LogP contribution in [0.4, 0.5) is 0 Å². The molecule has 0 spiro atoms. The lowest BCUT2D eigenvalue weighted by Crippen LogP contribution is -2.45. The Morgan fingerprint density at radius 2 is 1.87 bits per heavy atom. The second-order valence-electron chi connectivity index (χ2n) is 6.82. The Morgan fingerprint density at radius 3 is 2.48 bits per heavy atom. The summed E-state index contributed by atoms with van der Waals surface area (Å²) in [5.41, 5.74) is 1.26. The van der Waals surface area contributed by atoms with Crippen molar-refractivity contribution in [2.45, 2.75) is 43.9 Å². The summed E-state index contributed by atoms with van der Waals surface area (Å²) >= 11 is 0. The normalized spacial score (nSPS) is 21.1. The molecule has 1 aliphatic carbocycles. The van der Waals surface area contributed by atoms with E-state index in [1.807, 2.05) is 12.1 Å². The second-order valence-corrected chi connectivity index (χ2v) is 6.82. The zero-order chi connectivity index (χ0) is 16.1. The number of nitrogens with one attached hydrogen (secondary N) is 1. The number of hydrogen-bond donors (Lipinski definition) is 1. The molecule has 0 radical (unpaired) electrons. The predicted molar refractivity (Wildman–Crippen MR) is 89.7 cm³/mol. The standard InChI is InChI=1S/C19H27NO3/c1-22-17-8-6-16(7-9-17)19(10-12-23-13-11-19)14-20-18(21)15-4-2-3-5-15/h6-9,15H,2-5,10-14H2,1H3,(H,20,21). The summed E-state index contributed by atoms with van der Waals surface area (Å²) < 4.78 is 10.8. The fourth-order valence-electron chi connectivity index (χ4n) is 3.86. The maximum atomic E-state index is 12.4. The first-order valence-corrected chi connectivity index (χ1v) is 8.73. The van der Waals surface area contributed by atoms with Gasteiger partial charge >= 0.3 is 0 Å². The molecule has 1 saturated heterocycles. The molecular weight excluding hydrogens is 290 g/mol. The molecule has 1 N–H and O–H groups in total. The Morgan fingerprint density at radius 1 is 1.22 bits per heavy atom. The largest absolute Gasteiger partial charge is 0.497 e. The number of hydrogen-bond acceptors (Lipinski definition) is 3. The molecule has 1 aromatic carbocycles. The number of carbonyl (C=O) groups excluding carboxylic acids is 1. The van der Waals surface area contributed by atoms with Crippen molar-refractivity contribution in [2.75, 3.05) is 26.9 Å². The van der Waals surface area contributed by atoms with Crippen molar-refractivity contribution < 1.29 is 14.3 Å². The van der Waals surface area contributed by atoms with Gasteiger partial charge in [0.1, 0.15) is 5.75 Å². The minimum atomic E-state index is -0.0151. The first-order chi connectivity index (χ1) is 11.2. The Balaban J connectivity index is 1.71. The van der Waals surface area contributed by atoms with Crippen molar-refractivity contribution in [3.8, 4) is 5.75 Å². The molecule has 1 aromatic rings. The third-order valence-corrected chi connectivity index (χ3v) is 5.48. The van der Waals surface area contributed by atoms with Gasteiger partial charge in [0.25, 0.3) is 0 Å². The molecule has 2 fully saturated rings. The quantitative estimate of drug-likeness (QED) is 0.908. The van der Waals surface area contributed by atoms with Gasteiger partial charge < -0.3 is 14.8 Å². The van der Waals surface area contributed by atoms with Gasteiger partial charge in [-0.15, -0.1) is 0 Å². The molecule has 23 heavy (non-hydrogen) atoms. The van der Waals surface area contributed by atoms with Crippen molar-refractivity contribution in [3.05, 3.63) is 29.8 Å². The minimum absolute atomic E-state index is 0.0151. The van der Waals surface area contributed by atoms with Gasteiger partial charge in [-0.1, -0.05) is 25.0 Å². The number of methoxy groups -OCH3 is 1. The Bertz CT molecular complexity index is 514. The van der Waals surface area contributed by atoms with Crippen molar-refractivity contribution in [2.24, 2.45) is 5.92 Å². The molecule has 2 aliphatic rings. The van der Waals surface area contributed by atoms with Crippen LogP contribution in [0.25, 0.3) is 0 Å². The summed E-state index contributed by atoms with van der Waals surface area (Å²) in [4.78, 5) is 12.4. The van der Waals surface area contributed by atoms with E-state index in [0.717, 1.165) is 44.6 Å². The average Bonchev–Trinajstić information content (AvgIpc) is 3.15. The molecule has 4 nitrogen and oxygen atoms in total. The zero-order valence-corrected chi connectivity index (χ0v) is 14.0. The first kappa shape index (κ1) is 16.3. The van der Waals surface area contributed by atoms with Gasteiger partial charge in [0.2, 0.25) is 5.91 Å². The number of carbonyl (C=O) groups is 1. The fraction of sp³-hybridized carbons (Fsp3) is 0.632. The summed E-state index contributed by atoms with van der Waals surface area (Å²) in [7, 11) is 1.68. The highest BCUT2D eigenvalue weighted by Crippen LogP contribution is 2.35. The smallest absolute Gasteiger partial charge is 0.223 e. The number of benzene rings is 1. The maximum absolute atomic E-state index is 12.4. The van der Waals surface area contributed by atoms with Crippen LogP contribution in [-0.2, 0) is 14.9 Å². The van der Waals surface area contributed by atoms with Gasteiger partial charge in [0.05, 0.1) is 7.11 Å². The summed E-state index contributed by atoms with van der Waals surface area (Å²) in [5, 5.41) is 3.24. The lowest BCUT2D eigenvalue weighted by atomic mass is 9.74. The minimum Gasteiger partial charge on any atom is -0.497 e. The van der Waals surface area contributed by atoms with Crippen LogP contribution in [0.3, 0.4) is 0 Å². The Hall–Kier alpha value is -1.55. The first-order valence-electron chi connectivity index (χ1n) is 8.73. The molecule has 0 aromatic heterocycles. The van der Waals surface area contributed by atoms with Crippen molar-refractivity contribution in [1.82, 2.24) is 5.32 Å². The van der Waals surface area contributed by atoms with Crippen LogP contribution in [0, 0.1) is 5.92 Å². The van der Waals surface area contributed by atoms with Gasteiger partial charge in [0, 0.05) is 31.1 Å². The summed E-state index contributed by atoms with van der Waals surface area (Å²) in [5.74, 6) is 1.33. The molecular formula is C19H27NO3. The molecule has 3 rings (SSSR count). The summed E-state index contributed by atoms with van der Waals surface area (Å²) in [6, 6.07) is 8.27. The van der Waals surface area contributed by atoms with E-state index >= 15 is 0 Å². The SMILES string of the molecule is COc1ccc(C2(CNC(=O)C3CCCC3)CCOCC2)cc1. The Kier molecular flexibility index (Phi) is 5.21. The van der Waals surface area contributed by atoms with E-state index in [9.17, 15) is 4.79 Å². The van der Waals surface area contributed by atoms with Gasteiger partial charge in [-0.2, -0.15) is 0 Å². The third kappa shape index (κ3) is 3.69. The second kappa shape index (κ2) is 7.35. The third-order valence-electron chi connectivity index (χ3n) is 5.48. The van der Waals surface area contributed by atoms with E-state index in [-0.39, 0.29) is 17.2 Å². The van der Waals surface area contributed by atoms with Gasteiger partial charge in [-0.25, -0.2) is 0 Å². The van der Waals surface area contributed by atoms with E-state index in [4.69, 9.17) is 9.47 Å². The molecule has 1 heterocycles. The van der Waals surface area contributed by atoms with Crippen molar-refractivity contribution >= 4 is 5.91 Å². The van der Waals surface area contributed by atoms with Crippen LogP contribution >= 0.6 is 0 Å². The molecule has 1 saturated carbocycles. The molecule has 4 heteroatoms. The van der Waals surface area contributed by atoms with E-state index in [1.54, 1.807) is 7.11 Å². The van der Waals surface area contributed by atoms with Gasteiger partial charge in [-0.3, -0.25) is 4.79 Å². The molecule has 0 unspecified atom stereocenters. The van der Waals surface area contributed by atoms with Crippen molar-refractivity contribution in [1.29, 1.82) is 0 Å². The van der Waals surface area contributed by atoms with Crippen LogP contribution in [0.1, 0.15) is 44.1 Å². The highest BCUT2D eigenvalue weighted by atomic mass is 16.5. The lowest BCUT2D eigenvalue weighted by molar-refractivity contribution is -0.125. The number of amides is 1. The van der Waals surface area contributed by atoms with Gasteiger partial charge in [-0.05, 0) is 43.4 Å². The lowest BCUT2D eigenvalue weighted by Gasteiger charge is -2.38. The number of rotatable bonds is 5. The fourth-order valence-corrected chi connectivity index (χ4v) is 3.86. The monoisotopic (exact) mass is 317 g/mol. The van der Waals surface area contributed by atoms with Gasteiger partial charge in [0.15, 0.2) is 0 Å². The van der Waals surface area contributed by atoms with E-state index < -0.39 is 0 Å². The maximum Gasteiger partial charge on any atom is 0.223 e. The zero-order valence-electron chi connectivity index (χ0n) is 14.0. The molecule has 126 valence electrons. The van der Waals surface area contributed by atoms with Crippen LogP contribution in [0.5, 0.6) is 5.75 Å². The van der Waals surface area contributed by atoms with Crippen LogP contribution in [0.15, 0.2) is 24.3 Å². The molecule has 0 atom stereocenters. The number of ether oxygens (including phenoxy) is 2. The van der Waals surface area contributed by atoms with E-state index in [2.05, 4.69) is 17.4 Å². The molecule has 0 bridgehead atoms. The van der Waals surface area contributed by atoms with Crippen LogP contribution < -0.4 is 10.1 Å². The van der Waals surface area contributed by atoms with E-state index in [1.165, 1.54) is 18.4 Å². The van der Waals surface area contributed by atoms with Crippen molar-refractivity contribution in [3.63, 3.8) is 0 Å². The van der Waals surface area contributed by atoms with E-state index in [0.29, 0.717) is 6.54 Å². The molecule has 1 aliphatic heterocycles. The summed E-state index contributed by atoms with van der Waals surface area (Å²) in [6.07, 6.45) is 6.37. The Labute approximate surface area is 138 Å². The highest BCUT2D eigenvalue weighted by molar-refractivity contribution is 5.79.